The number of aliphatic hydroxyl groups excluding tert-OH is 1. The minimum absolute atomic E-state index is 0.112. The fraction of sp³-hybridized carbons (Fsp3) is 0.375. The van der Waals surface area contributed by atoms with E-state index in [0.717, 1.165) is 5.56 Å². The zero-order valence-corrected chi connectivity index (χ0v) is 12.6. The van der Waals surface area contributed by atoms with Crippen molar-refractivity contribution in [1.82, 2.24) is 10.2 Å². The first-order valence-corrected chi connectivity index (χ1v) is 6.66. The molecule has 2 N–H and O–H groups in total. The standard InChI is InChI=1S/C16H20N2O3/c1-12-6-7-14(13(11-12)5-4-10-19)16(21)18(3)9-8-15(20)17-2/h6-7,11,19H,8-10H2,1-3H3,(H,17,20). The van der Waals surface area contributed by atoms with Crippen LogP contribution in [0.15, 0.2) is 18.2 Å². The Balaban J connectivity index is 2.93. The zero-order valence-electron chi connectivity index (χ0n) is 12.6. The molecule has 1 aromatic carbocycles. The molecule has 5 heteroatoms. The van der Waals surface area contributed by atoms with Gasteiger partial charge in [-0.3, -0.25) is 9.59 Å². The Hall–Kier alpha value is -2.32. The second-order valence-electron chi connectivity index (χ2n) is 4.66. The first-order valence-electron chi connectivity index (χ1n) is 6.66. The number of nitrogens with one attached hydrogen (secondary N) is 1. The summed E-state index contributed by atoms with van der Waals surface area (Å²) in [5.41, 5.74) is 2.05. The monoisotopic (exact) mass is 288 g/mol. The number of aliphatic hydroxyl groups is 1. The van der Waals surface area contributed by atoms with E-state index in [1.54, 1.807) is 20.2 Å². The molecule has 0 aliphatic heterocycles. The SMILES string of the molecule is CNC(=O)CCN(C)C(=O)c1ccc(C)cc1C#CCO. The van der Waals surface area contributed by atoms with Gasteiger partial charge < -0.3 is 15.3 Å². The second kappa shape index (κ2) is 8.08. The molecular formula is C16H20N2O3. The lowest BCUT2D eigenvalue weighted by Crippen LogP contribution is -2.31. The molecule has 5 nitrogen and oxygen atoms in total. The van der Waals surface area contributed by atoms with E-state index < -0.39 is 0 Å². The molecule has 2 amide bonds. The van der Waals surface area contributed by atoms with E-state index in [2.05, 4.69) is 17.2 Å². The highest BCUT2D eigenvalue weighted by Crippen LogP contribution is 2.13. The quantitative estimate of drug-likeness (QED) is 0.795. The van der Waals surface area contributed by atoms with Crippen LogP contribution in [0.3, 0.4) is 0 Å². The number of amides is 2. The average Bonchev–Trinajstić information content (AvgIpc) is 2.49. The fourth-order valence-electron chi connectivity index (χ4n) is 1.78. The highest BCUT2D eigenvalue weighted by molar-refractivity contribution is 5.97. The Labute approximate surface area is 125 Å². The first-order chi connectivity index (χ1) is 9.99. The molecule has 0 heterocycles. The number of hydrogen-bond acceptors (Lipinski definition) is 3. The van der Waals surface area contributed by atoms with Crippen molar-refractivity contribution in [3.63, 3.8) is 0 Å². The van der Waals surface area contributed by atoms with E-state index in [1.165, 1.54) is 4.90 Å². The van der Waals surface area contributed by atoms with E-state index in [4.69, 9.17) is 5.11 Å². The maximum Gasteiger partial charge on any atom is 0.254 e. The maximum absolute atomic E-state index is 12.4. The van der Waals surface area contributed by atoms with Crippen LogP contribution in [0.4, 0.5) is 0 Å². The molecule has 0 radical (unpaired) electrons. The average molecular weight is 288 g/mol. The number of rotatable bonds is 4. The van der Waals surface area contributed by atoms with Crippen molar-refractivity contribution in [2.45, 2.75) is 13.3 Å². The number of hydrogen-bond donors (Lipinski definition) is 2. The van der Waals surface area contributed by atoms with Gasteiger partial charge in [0.2, 0.25) is 5.91 Å². The highest BCUT2D eigenvalue weighted by Gasteiger charge is 2.15. The predicted octanol–water partition coefficient (Wildman–Crippen LogP) is 0.547. The third kappa shape index (κ3) is 4.93. The number of aryl methyl sites for hydroxylation is 1. The Morgan fingerprint density at radius 2 is 2.10 bits per heavy atom. The third-order valence-corrected chi connectivity index (χ3v) is 3.01. The Morgan fingerprint density at radius 3 is 2.71 bits per heavy atom. The fourth-order valence-corrected chi connectivity index (χ4v) is 1.78. The van der Waals surface area contributed by atoms with E-state index in [1.807, 2.05) is 19.1 Å². The third-order valence-electron chi connectivity index (χ3n) is 3.01. The molecule has 1 aromatic rings. The van der Waals surface area contributed by atoms with Crippen LogP contribution >= 0.6 is 0 Å². The number of nitrogens with zero attached hydrogens (tertiary/aromatic N) is 1. The van der Waals surface area contributed by atoms with Crippen molar-refractivity contribution in [2.24, 2.45) is 0 Å². The second-order valence-corrected chi connectivity index (χ2v) is 4.66. The van der Waals surface area contributed by atoms with Crippen LogP contribution in [-0.4, -0.2) is 49.1 Å². The Bertz CT molecular complexity index is 585. The molecule has 0 bridgehead atoms. The van der Waals surface area contributed by atoms with Crippen LogP contribution in [0, 0.1) is 18.8 Å². The molecule has 0 aliphatic rings. The summed E-state index contributed by atoms with van der Waals surface area (Å²) in [4.78, 5) is 25.1. The molecule has 21 heavy (non-hydrogen) atoms. The normalized spacial score (nSPS) is 9.52. The van der Waals surface area contributed by atoms with Crippen molar-refractivity contribution < 1.29 is 14.7 Å². The lowest BCUT2D eigenvalue weighted by molar-refractivity contribution is -0.120. The van der Waals surface area contributed by atoms with Crippen LogP contribution in [0.5, 0.6) is 0 Å². The molecule has 0 aliphatic carbocycles. The number of carbonyl (C=O) groups is 2. The van der Waals surface area contributed by atoms with Gasteiger partial charge in [-0.25, -0.2) is 0 Å². The van der Waals surface area contributed by atoms with Crippen molar-refractivity contribution in [1.29, 1.82) is 0 Å². The lowest BCUT2D eigenvalue weighted by Gasteiger charge is -2.17. The molecular weight excluding hydrogens is 268 g/mol. The van der Waals surface area contributed by atoms with Gasteiger partial charge >= 0.3 is 0 Å². The van der Waals surface area contributed by atoms with Gasteiger partial charge in [-0.2, -0.15) is 0 Å². The number of benzene rings is 1. The van der Waals surface area contributed by atoms with E-state index in [-0.39, 0.29) is 24.8 Å². The van der Waals surface area contributed by atoms with E-state index in [0.29, 0.717) is 17.7 Å². The summed E-state index contributed by atoms with van der Waals surface area (Å²) in [5, 5.41) is 11.3. The van der Waals surface area contributed by atoms with Gasteiger partial charge in [0.05, 0.1) is 5.56 Å². The molecule has 0 unspecified atom stereocenters. The van der Waals surface area contributed by atoms with E-state index >= 15 is 0 Å². The van der Waals surface area contributed by atoms with Crippen molar-refractivity contribution in [2.75, 3.05) is 27.2 Å². The Morgan fingerprint density at radius 1 is 1.38 bits per heavy atom. The van der Waals surface area contributed by atoms with Gasteiger partial charge in [0.1, 0.15) is 6.61 Å². The van der Waals surface area contributed by atoms with Gasteiger partial charge in [0.15, 0.2) is 0 Å². The van der Waals surface area contributed by atoms with Crippen molar-refractivity contribution in [3.05, 3.63) is 34.9 Å². The summed E-state index contributed by atoms with van der Waals surface area (Å²) in [7, 11) is 3.21. The van der Waals surface area contributed by atoms with Crippen LogP contribution in [-0.2, 0) is 4.79 Å². The molecule has 0 fully saturated rings. The van der Waals surface area contributed by atoms with Crippen LogP contribution in [0.25, 0.3) is 0 Å². The summed E-state index contributed by atoms with van der Waals surface area (Å²) in [6.45, 7) is 1.99. The largest absolute Gasteiger partial charge is 0.384 e. The van der Waals surface area contributed by atoms with E-state index in [9.17, 15) is 9.59 Å². The minimum Gasteiger partial charge on any atom is -0.384 e. The number of carbonyl (C=O) groups excluding carboxylic acids is 2. The minimum atomic E-state index is -0.256. The smallest absolute Gasteiger partial charge is 0.254 e. The van der Waals surface area contributed by atoms with Gasteiger partial charge in [0, 0.05) is 32.6 Å². The molecule has 0 aromatic heterocycles. The van der Waals surface area contributed by atoms with Gasteiger partial charge in [-0.05, 0) is 24.6 Å². The molecule has 0 atom stereocenters. The van der Waals surface area contributed by atoms with Crippen LogP contribution in [0.2, 0.25) is 0 Å². The van der Waals surface area contributed by atoms with Crippen molar-refractivity contribution in [3.8, 4) is 11.8 Å². The lowest BCUT2D eigenvalue weighted by atomic mass is 10.0. The zero-order chi connectivity index (χ0) is 15.8. The molecule has 1 rings (SSSR count). The maximum atomic E-state index is 12.4. The van der Waals surface area contributed by atoms with Crippen LogP contribution in [0.1, 0.15) is 27.9 Å². The first kappa shape index (κ1) is 16.7. The Kier molecular flexibility index (Phi) is 6.44. The predicted molar refractivity (Wildman–Crippen MR) is 80.8 cm³/mol. The van der Waals surface area contributed by atoms with Gasteiger partial charge in [0.25, 0.3) is 5.91 Å². The van der Waals surface area contributed by atoms with Gasteiger partial charge in [-0.1, -0.05) is 17.9 Å². The topological polar surface area (TPSA) is 69.6 Å². The van der Waals surface area contributed by atoms with Crippen molar-refractivity contribution >= 4 is 11.8 Å². The van der Waals surface area contributed by atoms with Gasteiger partial charge in [-0.15, -0.1) is 0 Å². The summed E-state index contributed by atoms with van der Waals surface area (Å²) in [6.07, 6.45) is 0.252. The van der Waals surface area contributed by atoms with Crippen LogP contribution < -0.4 is 5.32 Å². The summed E-state index contributed by atoms with van der Waals surface area (Å²) in [5.74, 6) is 5.04. The molecule has 112 valence electrons. The summed E-state index contributed by atoms with van der Waals surface area (Å²) in [6, 6.07) is 5.36. The molecule has 0 spiro atoms. The molecule has 0 saturated heterocycles. The molecule has 0 saturated carbocycles. The highest BCUT2D eigenvalue weighted by atomic mass is 16.2. The summed E-state index contributed by atoms with van der Waals surface area (Å²) >= 11 is 0. The summed E-state index contributed by atoms with van der Waals surface area (Å²) < 4.78 is 0.